The molecule has 2 aromatic rings. The minimum Gasteiger partial charge on any atom is -0.331 e. The summed E-state index contributed by atoms with van der Waals surface area (Å²) in [6, 6.07) is 8.60. The van der Waals surface area contributed by atoms with Gasteiger partial charge in [0.05, 0.1) is 5.56 Å². The van der Waals surface area contributed by atoms with Gasteiger partial charge in [-0.3, -0.25) is 5.41 Å². The van der Waals surface area contributed by atoms with E-state index in [0.29, 0.717) is 28.8 Å². The van der Waals surface area contributed by atoms with E-state index in [1.807, 2.05) is 0 Å². The average molecular weight is 349 g/mol. The quantitative estimate of drug-likeness (QED) is 0.723. The summed E-state index contributed by atoms with van der Waals surface area (Å²) >= 11 is 0. The molecule has 3 rings (SSSR count). The van der Waals surface area contributed by atoms with E-state index in [9.17, 15) is 18.0 Å². The molecule has 0 fully saturated rings. The summed E-state index contributed by atoms with van der Waals surface area (Å²) in [5, 5.41) is 5.85. The van der Waals surface area contributed by atoms with Crippen molar-refractivity contribution in [3.05, 3.63) is 53.6 Å². The van der Waals surface area contributed by atoms with Crippen molar-refractivity contribution in [1.82, 2.24) is 0 Å². The molecule has 0 aromatic heterocycles. The molecule has 2 aromatic carbocycles. The fourth-order valence-corrected chi connectivity index (χ4v) is 2.91. The fraction of sp³-hybridized carbons (Fsp3) is 0.176. The average Bonchev–Trinajstić information content (AvgIpc) is 2.54. The van der Waals surface area contributed by atoms with Crippen LogP contribution in [0.4, 0.5) is 23.7 Å². The number of fused-ring (bicyclic) bond motifs is 1. The Morgan fingerprint density at radius 3 is 2.48 bits per heavy atom. The highest BCUT2D eigenvalue weighted by molar-refractivity contribution is 6.17. The molecule has 1 atom stereocenters. The van der Waals surface area contributed by atoms with E-state index >= 15 is 0 Å². The van der Waals surface area contributed by atoms with E-state index in [0.717, 1.165) is 17.0 Å². The van der Waals surface area contributed by atoms with Gasteiger partial charge >= 0.3 is 12.2 Å². The molecule has 8 heteroatoms. The lowest BCUT2D eigenvalue weighted by Crippen LogP contribution is -2.65. The molecule has 6 N–H and O–H groups in total. The Hall–Kier alpha value is -2.87. The predicted molar refractivity (Wildman–Crippen MR) is 87.6 cm³/mol. The van der Waals surface area contributed by atoms with Gasteiger partial charge in [-0.2, -0.15) is 13.2 Å². The third-order valence-corrected chi connectivity index (χ3v) is 4.14. The zero-order valence-corrected chi connectivity index (χ0v) is 13.0. The van der Waals surface area contributed by atoms with E-state index in [1.54, 1.807) is 24.3 Å². The van der Waals surface area contributed by atoms with E-state index in [-0.39, 0.29) is 5.84 Å². The number of nitrogens with two attached hydrogens (primary N) is 3. The van der Waals surface area contributed by atoms with Crippen LogP contribution in [-0.4, -0.2) is 17.9 Å². The first-order chi connectivity index (χ1) is 11.7. The van der Waals surface area contributed by atoms with Gasteiger partial charge in [-0.05, 0) is 35.4 Å². The van der Waals surface area contributed by atoms with Crippen LogP contribution in [0, 0.1) is 0 Å². The van der Waals surface area contributed by atoms with Gasteiger partial charge in [-0.25, -0.2) is 4.79 Å². The minimum absolute atomic E-state index is 0.145. The molecular formula is C17H16F3N4O+. The second kappa shape index (κ2) is 5.89. The maximum Gasteiger partial charge on any atom is 0.416 e. The molecule has 5 nitrogen and oxygen atoms in total. The Kier molecular flexibility index (Phi) is 4.00. The Morgan fingerprint density at radius 2 is 1.84 bits per heavy atom. The van der Waals surface area contributed by atoms with Crippen molar-refractivity contribution < 1.29 is 23.4 Å². The van der Waals surface area contributed by atoms with Gasteiger partial charge in [-0.1, -0.05) is 18.2 Å². The van der Waals surface area contributed by atoms with E-state index in [4.69, 9.17) is 16.9 Å². The van der Waals surface area contributed by atoms with Gasteiger partial charge in [0.1, 0.15) is 11.7 Å². The smallest absolute Gasteiger partial charge is 0.331 e. The summed E-state index contributed by atoms with van der Waals surface area (Å²) in [6.45, 7) is 0. The molecule has 0 saturated heterocycles. The number of amides is 2. The normalized spacial score (nSPS) is 17.4. The van der Waals surface area contributed by atoms with Crippen LogP contribution in [0.2, 0.25) is 0 Å². The zero-order chi connectivity index (χ0) is 18.4. The van der Waals surface area contributed by atoms with Crippen LogP contribution in [0.1, 0.15) is 11.1 Å². The van der Waals surface area contributed by atoms with Crippen LogP contribution in [-0.2, 0) is 12.6 Å². The standard InChI is InChI=1S/C17H15F3N4O/c18-17(19,20)12-3-1-2-9(7-12)10-4-5-14-11(6-10)8-13(21)15(22)24(14)16(23)25/h1-7,13,22H,8,21H2,(H2,23,25)/p+1. The number of carbonyl (C=O) groups excluding carboxylic acids is 1. The van der Waals surface area contributed by atoms with E-state index in [1.165, 1.54) is 6.07 Å². The highest BCUT2D eigenvalue weighted by Crippen LogP contribution is 2.35. The molecule has 130 valence electrons. The van der Waals surface area contributed by atoms with E-state index < -0.39 is 23.8 Å². The number of amidine groups is 1. The van der Waals surface area contributed by atoms with Crippen molar-refractivity contribution in [3.8, 4) is 11.1 Å². The number of nitrogens with zero attached hydrogens (tertiary/aromatic N) is 1. The summed E-state index contributed by atoms with van der Waals surface area (Å²) in [7, 11) is 0. The van der Waals surface area contributed by atoms with Crippen LogP contribution in [0.25, 0.3) is 11.1 Å². The first-order valence-corrected chi connectivity index (χ1v) is 7.46. The molecule has 25 heavy (non-hydrogen) atoms. The highest BCUT2D eigenvalue weighted by Gasteiger charge is 2.38. The maximum atomic E-state index is 12.9. The van der Waals surface area contributed by atoms with Crippen LogP contribution in [0.5, 0.6) is 0 Å². The molecule has 1 aliphatic rings. The number of hydrogen-bond acceptors (Lipinski definition) is 2. The van der Waals surface area contributed by atoms with Crippen LogP contribution in [0.3, 0.4) is 0 Å². The van der Waals surface area contributed by atoms with Crippen LogP contribution >= 0.6 is 0 Å². The predicted octanol–water partition coefficient (Wildman–Crippen LogP) is 1.30. The van der Waals surface area contributed by atoms with Gasteiger partial charge in [0.2, 0.25) is 0 Å². The topological polar surface area (TPSA) is 97.9 Å². The number of primary amides is 1. The Balaban J connectivity index is 2.07. The molecule has 2 amide bonds. The molecule has 1 unspecified atom stereocenters. The lowest BCUT2D eigenvalue weighted by Gasteiger charge is -2.26. The number of halogens is 3. The molecule has 0 aliphatic carbocycles. The number of alkyl halides is 3. The molecule has 0 radical (unpaired) electrons. The summed E-state index contributed by atoms with van der Waals surface area (Å²) in [4.78, 5) is 12.8. The van der Waals surface area contributed by atoms with Gasteiger partial charge in [0.15, 0.2) is 0 Å². The summed E-state index contributed by atoms with van der Waals surface area (Å²) in [6.07, 6.45) is -4.06. The van der Waals surface area contributed by atoms with Gasteiger partial charge < -0.3 is 11.5 Å². The second-order valence-corrected chi connectivity index (χ2v) is 5.83. The van der Waals surface area contributed by atoms with Gasteiger partial charge in [-0.15, -0.1) is 4.90 Å². The Labute approximate surface area is 141 Å². The number of anilines is 1. The number of rotatable bonds is 1. The minimum atomic E-state index is -4.42. The Morgan fingerprint density at radius 1 is 1.16 bits per heavy atom. The fourth-order valence-electron chi connectivity index (χ4n) is 2.91. The molecule has 0 bridgehead atoms. The number of hydrogen-bond donors (Lipinski definition) is 3. The highest BCUT2D eigenvalue weighted by atomic mass is 19.4. The lowest BCUT2D eigenvalue weighted by atomic mass is 9.93. The van der Waals surface area contributed by atoms with Crippen molar-refractivity contribution in [2.45, 2.75) is 18.6 Å². The third-order valence-electron chi connectivity index (χ3n) is 4.14. The molecule has 1 aliphatic heterocycles. The molecule has 0 spiro atoms. The van der Waals surface area contributed by atoms with Gasteiger partial charge in [0.25, 0.3) is 5.84 Å². The number of carbonyl (C=O) groups is 1. The van der Waals surface area contributed by atoms with Crippen molar-refractivity contribution in [1.29, 1.82) is 0 Å². The van der Waals surface area contributed by atoms with Crippen molar-refractivity contribution in [3.63, 3.8) is 0 Å². The van der Waals surface area contributed by atoms with E-state index in [2.05, 4.69) is 0 Å². The van der Waals surface area contributed by atoms with Crippen molar-refractivity contribution in [2.24, 2.45) is 11.5 Å². The monoisotopic (exact) mass is 349 g/mol. The molecule has 0 saturated carbocycles. The Bertz CT molecular complexity index is 863. The lowest BCUT2D eigenvalue weighted by molar-refractivity contribution is -0.137. The first-order valence-electron chi connectivity index (χ1n) is 7.46. The maximum absolute atomic E-state index is 12.9. The second-order valence-electron chi connectivity index (χ2n) is 5.83. The summed E-state index contributed by atoms with van der Waals surface area (Å²) in [5.41, 5.74) is 12.7. The summed E-state index contributed by atoms with van der Waals surface area (Å²) in [5.74, 6) is 0.145. The largest absolute Gasteiger partial charge is 0.416 e. The van der Waals surface area contributed by atoms with Crippen LogP contribution in [0.15, 0.2) is 42.5 Å². The van der Waals surface area contributed by atoms with Crippen molar-refractivity contribution >= 4 is 17.6 Å². The summed E-state index contributed by atoms with van der Waals surface area (Å²) < 4.78 is 38.7. The first kappa shape index (κ1) is 17.0. The third kappa shape index (κ3) is 3.08. The SMILES string of the molecule is NC(=O)N1C(=[NH2+])C(N)Cc2cc(-c3cccc(C(F)(F)F)c3)ccc21. The van der Waals surface area contributed by atoms with Crippen LogP contribution < -0.4 is 21.8 Å². The van der Waals surface area contributed by atoms with Crippen molar-refractivity contribution in [2.75, 3.05) is 4.90 Å². The number of urea groups is 1. The molecular weight excluding hydrogens is 333 g/mol. The zero-order valence-electron chi connectivity index (χ0n) is 13.0. The number of benzene rings is 2. The molecule has 1 heterocycles. The van der Waals surface area contributed by atoms with Gasteiger partial charge in [0, 0.05) is 12.0 Å².